The highest BCUT2D eigenvalue weighted by molar-refractivity contribution is 7.88. The van der Waals surface area contributed by atoms with Crippen LogP contribution in [0.1, 0.15) is 18.4 Å². The largest absolute Gasteiger partial charge is 0.455 e. The van der Waals surface area contributed by atoms with E-state index >= 15 is 0 Å². The minimum absolute atomic E-state index is 0.176. The number of esters is 1. The standard InChI is InChI=1S/C15H17ClF3N3O5S/c1-28(25,26)22-4-2-9(3-5-22)14(24)27-8-12(23)21-13-11(16)6-10(7-20-13)15(17,18)19/h6-7,9H,2-5,8H2,1H3,(H,20,21,23). The smallest absolute Gasteiger partial charge is 0.417 e. The number of sulfonamides is 1. The number of halogens is 4. The van der Waals surface area contributed by atoms with E-state index in [1.54, 1.807) is 0 Å². The van der Waals surface area contributed by atoms with Crippen molar-refractivity contribution in [2.45, 2.75) is 19.0 Å². The van der Waals surface area contributed by atoms with E-state index in [9.17, 15) is 31.2 Å². The van der Waals surface area contributed by atoms with Gasteiger partial charge in [0.2, 0.25) is 10.0 Å². The highest BCUT2D eigenvalue weighted by atomic mass is 35.5. The maximum atomic E-state index is 12.6. The van der Waals surface area contributed by atoms with Crippen LogP contribution in [0, 0.1) is 5.92 Å². The third-order valence-corrected chi connectivity index (χ3v) is 5.62. The summed E-state index contributed by atoms with van der Waals surface area (Å²) in [6.45, 7) is -0.323. The number of rotatable bonds is 5. The lowest BCUT2D eigenvalue weighted by atomic mass is 9.98. The summed E-state index contributed by atoms with van der Waals surface area (Å²) >= 11 is 5.68. The maximum Gasteiger partial charge on any atom is 0.417 e. The number of carbonyl (C=O) groups is 2. The first kappa shape index (κ1) is 22.4. The predicted octanol–water partition coefficient (Wildman–Crippen LogP) is 1.91. The molecule has 0 unspecified atom stereocenters. The molecule has 156 valence electrons. The fraction of sp³-hybridized carbons (Fsp3) is 0.533. The number of piperidine rings is 1. The molecule has 8 nitrogen and oxygen atoms in total. The van der Waals surface area contributed by atoms with Gasteiger partial charge in [-0.3, -0.25) is 9.59 Å². The van der Waals surface area contributed by atoms with Gasteiger partial charge in [0.15, 0.2) is 12.4 Å². The summed E-state index contributed by atoms with van der Waals surface area (Å²) in [6, 6.07) is 0.617. The molecule has 1 saturated heterocycles. The normalized spacial score (nSPS) is 16.6. The lowest BCUT2D eigenvalue weighted by Gasteiger charge is -2.28. The van der Waals surface area contributed by atoms with Gasteiger partial charge in [0.05, 0.1) is 22.8 Å². The molecule has 28 heavy (non-hydrogen) atoms. The van der Waals surface area contributed by atoms with Gasteiger partial charge in [-0.05, 0) is 18.9 Å². The molecular formula is C15H17ClF3N3O5S. The van der Waals surface area contributed by atoms with Crippen molar-refractivity contribution in [3.63, 3.8) is 0 Å². The number of alkyl halides is 3. The number of carbonyl (C=O) groups excluding carboxylic acids is 2. The minimum Gasteiger partial charge on any atom is -0.455 e. The van der Waals surface area contributed by atoms with Crippen molar-refractivity contribution < 1.29 is 35.9 Å². The molecule has 1 amide bonds. The van der Waals surface area contributed by atoms with Gasteiger partial charge in [0.25, 0.3) is 5.91 Å². The van der Waals surface area contributed by atoms with Crippen LogP contribution in [0.2, 0.25) is 5.02 Å². The second-order valence-electron chi connectivity index (χ2n) is 6.14. The topological polar surface area (TPSA) is 106 Å². The Balaban J connectivity index is 1.84. The Morgan fingerprint density at radius 3 is 2.46 bits per heavy atom. The number of amides is 1. The van der Waals surface area contributed by atoms with Gasteiger partial charge < -0.3 is 10.1 Å². The third kappa shape index (κ3) is 6.04. The van der Waals surface area contributed by atoms with E-state index in [0.717, 1.165) is 6.26 Å². The van der Waals surface area contributed by atoms with Gasteiger partial charge in [-0.2, -0.15) is 13.2 Å². The second-order valence-corrected chi connectivity index (χ2v) is 8.53. The van der Waals surface area contributed by atoms with Crippen LogP contribution in [0.3, 0.4) is 0 Å². The third-order valence-electron chi connectivity index (χ3n) is 4.03. The van der Waals surface area contributed by atoms with Gasteiger partial charge in [0.1, 0.15) is 0 Å². The number of nitrogens with zero attached hydrogens (tertiary/aromatic N) is 2. The zero-order chi connectivity index (χ0) is 21.1. The van der Waals surface area contributed by atoms with Gasteiger partial charge in [-0.1, -0.05) is 11.6 Å². The Kier molecular flexibility index (Phi) is 6.88. The van der Waals surface area contributed by atoms with Crippen molar-refractivity contribution in [1.82, 2.24) is 9.29 Å². The summed E-state index contributed by atoms with van der Waals surface area (Å²) in [6.07, 6.45) is -2.50. The average Bonchev–Trinajstić information content (AvgIpc) is 2.60. The molecule has 0 atom stereocenters. The highest BCUT2D eigenvalue weighted by Crippen LogP contribution is 2.32. The van der Waals surface area contributed by atoms with E-state index in [1.807, 2.05) is 0 Å². The van der Waals surface area contributed by atoms with Gasteiger partial charge >= 0.3 is 12.1 Å². The fourth-order valence-corrected chi connectivity index (χ4v) is 3.62. The first-order chi connectivity index (χ1) is 12.9. The van der Waals surface area contributed by atoms with Gasteiger partial charge in [-0.25, -0.2) is 17.7 Å². The number of hydrogen-bond donors (Lipinski definition) is 1. The fourth-order valence-electron chi connectivity index (χ4n) is 2.53. The van der Waals surface area contributed by atoms with E-state index in [1.165, 1.54) is 4.31 Å². The molecule has 1 aromatic heterocycles. The summed E-state index contributed by atoms with van der Waals surface area (Å²) in [5.74, 6) is -2.32. The van der Waals surface area contributed by atoms with E-state index in [-0.39, 0.29) is 31.7 Å². The first-order valence-corrected chi connectivity index (χ1v) is 10.2. The van der Waals surface area contributed by atoms with Crippen LogP contribution in [0.25, 0.3) is 0 Å². The van der Waals surface area contributed by atoms with Crippen LogP contribution in [-0.4, -0.2) is 55.5 Å². The number of nitrogens with one attached hydrogen (secondary N) is 1. The summed E-state index contributed by atoms with van der Waals surface area (Å²) in [4.78, 5) is 27.3. The number of anilines is 1. The second kappa shape index (κ2) is 8.62. The Labute approximate surface area is 164 Å². The first-order valence-electron chi connectivity index (χ1n) is 8.02. The van der Waals surface area contributed by atoms with Crippen molar-refractivity contribution in [3.8, 4) is 0 Å². The van der Waals surface area contributed by atoms with Crippen molar-refractivity contribution in [2.24, 2.45) is 5.92 Å². The highest BCUT2D eigenvalue weighted by Gasteiger charge is 2.32. The Bertz CT molecular complexity index is 855. The zero-order valence-electron chi connectivity index (χ0n) is 14.6. The van der Waals surface area contributed by atoms with Crippen LogP contribution in [0.5, 0.6) is 0 Å². The van der Waals surface area contributed by atoms with Gasteiger partial charge in [0, 0.05) is 19.3 Å². The van der Waals surface area contributed by atoms with E-state index in [4.69, 9.17) is 16.3 Å². The molecule has 13 heteroatoms. The lowest BCUT2D eigenvalue weighted by molar-refractivity contribution is -0.152. The van der Waals surface area contributed by atoms with Crippen LogP contribution in [0.15, 0.2) is 12.3 Å². The average molecular weight is 444 g/mol. The van der Waals surface area contributed by atoms with E-state index in [2.05, 4.69) is 10.3 Å². The molecule has 0 spiro atoms. The maximum absolute atomic E-state index is 12.6. The Hall–Kier alpha value is -1.92. The molecule has 0 aliphatic carbocycles. The van der Waals surface area contributed by atoms with Crippen molar-refractivity contribution >= 4 is 39.3 Å². The summed E-state index contributed by atoms with van der Waals surface area (Å²) < 4.78 is 66.7. The van der Waals surface area contributed by atoms with Crippen LogP contribution in [-0.2, 0) is 30.5 Å². The molecule has 2 rings (SSSR count). The molecule has 0 radical (unpaired) electrons. The molecule has 1 aliphatic rings. The summed E-state index contributed by atoms with van der Waals surface area (Å²) in [5.41, 5.74) is -1.07. The monoisotopic (exact) mass is 443 g/mol. The number of hydrogen-bond acceptors (Lipinski definition) is 6. The molecule has 0 bridgehead atoms. The molecular weight excluding hydrogens is 427 g/mol. The SMILES string of the molecule is CS(=O)(=O)N1CCC(C(=O)OCC(=O)Nc2ncc(C(F)(F)F)cc2Cl)CC1. The van der Waals surface area contributed by atoms with E-state index in [0.29, 0.717) is 12.3 Å². The minimum atomic E-state index is -4.62. The van der Waals surface area contributed by atoms with Crippen LogP contribution >= 0.6 is 11.6 Å². The summed E-state index contributed by atoms with van der Waals surface area (Å²) in [7, 11) is -3.32. The number of aromatic nitrogens is 1. The van der Waals surface area contributed by atoms with Crippen molar-refractivity contribution in [2.75, 3.05) is 31.3 Å². The predicted molar refractivity (Wildman–Crippen MR) is 93.0 cm³/mol. The lowest BCUT2D eigenvalue weighted by Crippen LogP contribution is -2.40. The molecule has 0 aromatic carbocycles. The number of ether oxygens (including phenoxy) is 1. The summed E-state index contributed by atoms with van der Waals surface area (Å²) in [5, 5.41) is 1.75. The van der Waals surface area contributed by atoms with Crippen molar-refractivity contribution in [3.05, 3.63) is 22.8 Å². The molecule has 1 fully saturated rings. The molecule has 1 N–H and O–H groups in total. The molecule has 2 heterocycles. The van der Waals surface area contributed by atoms with E-state index < -0.39 is 51.2 Å². The van der Waals surface area contributed by atoms with Gasteiger partial charge in [-0.15, -0.1) is 0 Å². The molecule has 0 saturated carbocycles. The Morgan fingerprint density at radius 2 is 1.96 bits per heavy atom. The number of pyridine rings is 1. The van der Waals surface area contributed by atoms with Crippen LogP contribution in [0.4, 0.5) is 19.0 Å². The van der Waals surface area contributed by atoms with Crippen LogP contribution < -0.4 is 5.32 Å². The molecule has 1 aromatic rings. The zero-order valence-corrected chi connectivity index (χ0v) is 16.2. The quantitative estimate of drug-likeness (QED) is 0.697. The van der Waals surface area contributed by atoms with Crippen molar-refractivity contribution in [1.29, 1.82) is 0 Å². The molecule has 1 aliphatic heterocycles. The Morgan fingerprint density at radius 1 is 1.36 bits per heavy atom.